The van der Waals surface area contributed by atoms with Gasteiger partial charge < -0.3 is 4.57 Å². The maximum Gasteiger partial charge on any atom is 0.434 e. The molecule has 2 fully saturated rings. The first-order chi connectivity index (χ1) is 13.8. The molecule has 0 aliphatic heterocycles. The van der Waals surface area contributed by atoms with Gasteiger partial charge in [0.1, 0.15) is 0 Å². The van der Waals surface area contributed by atoms with Gasteiger partial charge in [-0.15, -0.1) is 0 Å². The number of pyridine rings is 2. The molecule has 0 saturated heterocycles. The van der Waals surface area contributed by atoms with Crippen molar-refractivity contribution in [3.05, 3.63) is 56.9 Å². The van der Waals surface area contributed by atoms with Crippen LogP contribution in [-0.4, -0.2) is 19.3 Å². The minimum atomic E-state index is -4.60. The third-order valence-electron chi connectivity index (χ3n) is 5.79. The van der Waals surface area contributed by atoms with Gasteiger partial charge in [0.2, 0.25) is 0 Å². The third-order valence-corrected chi connectivity index (χ3v) is 6.07. The molecule has 0 amide bonds. The van der Waals surface area contributed by atoms with Crippen LogP contribution in [0.1, 0.15) is 54.6 Å². The minimum Gasteiger partial charge on any atom is -0.311 e. The van der Waals surface area contributed by atoms with Gasteiger partial charge in [-0.05, 0) is 49.3 Å². The second kappa shape index (κ2) is 6.32. The fraction of sp³-hybridized carbons (Fsp3) is 0.450. The van der Waals surface area contributed by atoms with Crippen molar-refractivity contribution in [1.82, 2.24) is 19.3 Å². The van der Waals surface area contributed by atoms with Crippen LogP contribution in [0, 0.1) is 5.92 Å². The van der Waals surface area contributed by atoms with Crippen LogP contribution >= 0.6 is 11.6 Å². The number of rotatable bonds is 4. The number of alkyl halides is 3. The molecular formula is C20H18ClF3N4O. The molecule has 5 nitrogen and oxygen atoms in total. The normalized spacial score (nSPS) is 18.4. The second-order valence-electron chi connectivity index (χ2n) is 7.94. The molecule has 0 bridgehead atoms. The first-order valence-electron chi connectivity index (χ1n) is 9.56. The lowest BCUT2D eigenvalue weighted by Gasteiger charge is -2.19. The highest BCUT2D eigenvalue weighted by Gasteiger charge is 2.40. The molecule has 2 aliphatic carbocycles. The number of aryl methyl sites for hydroxylation is 1. The summed E-state index contributed by atoms with van der Waals surface area (Å²) >= 11 is 5.93. The fourth-order valence-electron chi connectivity index (χ4n) is 4.14. The third kappa shape index (κ3) is 3.13. The topological polar surface area (TPSA) is 52.7 Å². The summed E-state index contributed by atoms with van der Waals surface area (Å²) in [5.41, 5.74) is 0.625. The van der Waals surface area contributed by atoms with Crippen LogP contribution in [0.5, 0.6) is 0 Å². The van der Waals surface area contributed by atoms with Crippen molar-refractivity contribution < 1.29 is 13.2 Å². The van der Waals surface area contributed by atoms with E-state index in [1.165, 1.54) is 12.3 Å². The Kier molecular flexibility index (Phi) is 4.07. The van der Waals surface area contributed by atoms with Gasteiger partial charge in [0, 0.05) is 36.8 Å². The molecule has 0 N–H and O–H groups in total. The van der Waals surface area contributed by atoms with Crippen LogP contribution in [0.2, 0.25) is 5.02 Å². The molecule has 1 unspecified atom stereocenters. The molecule has 3 aromatic heterocycles. The van der Waals surface area contributed by atoms with Gasteiger partial charge >= 0.3 is 6.18 Å². The van der Waals surface area contributed by atoms with Crippen molar-refractivity contribution >= 4 is 22.5 Å². The lowest BCUT2D eigenvalue weighted by Crippen LogP contribution is -2.18. The highest BCUT2D eigenvalue weighted by molar-refractivity contribution is 6.31. The van der Waals surface area contributed by atoms with Crippen molar-refractivity contribution in [2.75, 3.05) is 0 Å². The van der Waals surface area contributed by atoms with Gasteiger partial charge in [-0.2, -0.15) is 18.3 Å². The minimum absolute atomic E-state index is 0.120. The molecule has 152 valence electrons. The van der Waals surface area contributed by atoms with E-state index in [0.29, 0.717) is 11.1 Å². The summed E-state index contributed by atoms with van der Waals surface area (Å²) in [6, 6.07) is 3.49. The van der Waals surface area contributed by atoms with Crippen molar-refractivity contribution in [2.45, 2.75) is 43.8 Å². The Morgan fingerprint density at radius 1 is 1.24 bits per heavy atom. The molecule has 29 heavy (non-hydrogen) atoms. The summed E-state index contributed by atoms with van der Waals surface area (Å²) < 4.78 is 42.6. The number of halogens is 4. The van der Waals surface area contributed by atoms with Crippen LogP contribution in [0.3, 0.4) is 0 Å². The number of aromatic nitrogens is 4. The second-order valence-corrected chi connectivity index (χ2v) is 8.35. The van der Waals surface area contributed by atoms with E-state index in [2.05, 4.69) is 10.1 Å². The maximum atomic E-state index is 13.1. The van der Waals surface area contributed by atoms with E-state index >= 15 is 0 Å². The zero-order chi connectivity index (χ0) is 20.5. The quantitative estimate of drug-likeness (QED) is 0.613. The van der Waals surface area contributed by atoms with E-state index in [9.17, 15) is 18.0 Å². The monoisotopic (exact) mass is 422 g/mol. The highest BCUT2D eigenvalue weighted by Crippen LogP contribution is 2.48. The first kappa shape index (κ1) is 18.7. The van der Waals surface area contributed by atoms with Gasteiger partial charge in [-0.25, -0.2) is 0 Å². The largest absolute Gasteiger partial charge is 0.434 e. The Balaban J connectivity index is 1.65. The van der Waals surface area contributed by atoms with Gasteiger partial charge in [0.05, 0.1) is 10.7 Å². The summed E-state index contributed by atoms with van der Waals surface area (Å²) in [4.78, 5) is 16.5. The van der Waals surface area contributed by atoms with Gasteiger partial charge in [0.15, 0.2) is 11.2 Å². The van der Waals surface area contributed by atoms with E-state index in [1.54, 1.807) is 22.5 Å². The predicted molar refractivity (Wildman–Crippen MR) is 102 cm³/mol. The number of fused-ring (bicyclic) bond motifs is 1. The van der Waals surface area contributed by atoms with Crippen LogP contribution < -0.4 is 5.56 Å². The zero-order valence-corrected chi connectivity index (χ0v) is 16.3. The van der Waals surface area contributed by atoms with Crippen molar-refractivity contribution in [3.8, 4) is 0 Å². The van der Waals surface area contributed by atoms with Gasteiger partial charge in [0.25, 0.3) is 5.56 Å². The molecular weight excluding hydrogens is 405 g/mol. The number of hydrogen-bond donors (Lipinski definition) is 0. The summed E-state index contributed by atoms with van der Waals surface area (Å²) in [5.74, 6) is 0.0440. The van der Waals surface area contributed by atoms with Crippen molar-refractivity contribution in [2.24, 2.45) is 13.0 Å². The molecule has 0 aromatic carbocycles. The Hall–Kier alpha value is -2.35. The van der Waals surface area contributed by atoms with Crippen LogP contribution in [0.4, 0.5) is 13.2 Å². The smallest absolute Gasteiger partial charge is 0.311 e. The fourth-order valence-corrected chi connectivity index (χ4v) is 4.43. The van der Waals surface area contributed by atoms with E-state index < -0.39 is 16.9 Å². The van der Waals surface area contributed by atoms with Gasteiger partial charge in [-0.3, -0.25) is 14.5 Å². The van der Waals surface area contributed by atoms with Crippen molar-refractivity contribution in [1.29, 1.82) is 0 Å². The summed E-state index contributed by atoms with van der Waals surface area (Å²) in [5, 5.41) is 4.79. The summed E-state index contributed by atoms with van der Waals surface area (Å²) in [7, 11) is 1.77. The summed E-state index contributed by atoms with van der Waals surface area (Å²) in [6.45, 7) is 0. The Morgan fingerprint density at radius 3 is 2.55 bits per heavy atom. The SMILES string of the molecule is Cn1nc2c(=O)n(C3CC3)ccc2c1C(c1cnc(C(F)(F)F)c(Cl)c1)C1CC1. The van der Waals surface area contributed by atoms with E-state index in [1.807, 2.05) is 6.07 Å². The molecule has 9 heteroatoms. The molecule has 3 aromatic rings. The number of nitrogens with zero attached hydrogens (tertiary/aromatic N) is 4. The number of hydrogen-bond acceptors (Lipinski definition) is 3. The Labute approximate surface area is 169 Å². The average Bonchev–Trinajstić information content (AvgIpc) is 3.54. The molecule has 2 saturated carbocycles. The molecule has 1 atom stereocenters. The predicted octanol–water partition coefficient (Wildman–Crippen LogP) is 4.68. The van der Waals surface area contributed by atoms with Crippen LogP contribution in [0.15, 0.2) is 29.3 Å². The van der Waals surface area contributed by atoms with E-state index in [-0.39, 0.29) is 23.4 Å². The van der Waals surface area contributed by atoms with Crippen LogP contribution in [0.25, 0.3) is 10.9 Å². The lowest BCUT2D eigenvalue weighted by molar-refractivity contribution is -0.141. The lowest BCUT2D eigenvalue weighted by atomic mass is 9.90. The standard InChI is InChI=1S/C20H18ClF3N4O/c1-27-17(13-6-7-28(12-4-5-12)19(29)16(13)26-27)15(10-2-3-10)11-8-14(21)18(25-9-11)20(22,23)24/h6-10,12,15H,2-5H2,1H3. The Morgan fingerprint density at radius 2 is 1.97 bits per heavy atom. The van der Waals surface area contributed by atoms with Gasteiger partial charge in [-0.1, -0.05) is 11.6 Å². The molecule has 5 rings (SSSR count). The Bertz CT molecular complexity index is 1170. The van der Waals surface area contributed by atoms with Crippen molar-refractivity contribution in [3.63, 3.8) is 0 Å². The molecule has 0 spiro atoms. The molecule has 0 radical (unpaired) electrons. The first-order valence-corrected chi connectivity index (χ1v) is 9.94. The summed E-state index contributed by atoms with van der Waals surface area (Å²) in [6.07, 6.45) is 2.34. The average molecular weight is 423 g/mol. The van der Waals surface area contributed by atoms with E-state index in [0.717, 1.165) is 36.8 Å². The zero-order valence-electron chi connectivity index (χ0n) is 15.6. The molecule has 3 heterocycles. The maximum absolute atomic E-state index is 13.1. The molecule has 2 aliphatic rings. The highest BCUT2D eigenvalue weighted by atomic mass is 35.5. The van der Waals surface area contributed by atoms with E-state index in [4.69, 9.17) is 11.6 Å². The van der Waals surface area contributed by atoms with Crippen LogP contribution in [-0.2, 0) is 13.2 Å².